The summed E-state index contributed by atoms with van der Waals surface area (Å²) in [6.07, 6.45) is 7.75. The van der Waals surface area contributed by atoms with E-state index in [1.54, 1.807) is 19.5 Å². The van der Waals surface area contributed by atoms with Crippen LogP contribution in [0.2, 0.25) is 0 Å². The standard InChI is InChI=1S/C19H27N5O2S/c1-15-6-3-4-11-23(15)17(25)14-27-19-22-21-18(16-7-9-20-10-8-16)24(19)12-5-13-26-2/h7-10,15H,3-6,11-14H2,1-2H3/t15-/m1/s1. The Balaban J connectivity index is 1.72. The first-order valence-corrected chi connectivity index (χ1v) is 10.4. The number of nitrogens with zero attached hydrogens (tertiary/aromatic N) is 5. The van der Waals surface area contributed by atoms with Crippen molar-refractivity contribution in [3.8, 4) is 11.4 Å². The molecule has 0 bridgehead atoms. The minimum Gasteiger partial charge on any atom is -0.385 e. The zero-order valence-corrected chi connectivity index (χ0v) is 16.8. The normalized spacial score (nSPS) is 17.3. The van der Waals surface area contributed by atoms with E-state index in [2.05, 4.69) is 26.7 Å². The maximum atomic E-state index is 12.6. The number of likely N-dealkylation sites (tertiary alicyclic amines) is 1. The van der Waals surface area contributed by atoms with E-state index >= 15 is 0 Å². The van der Waals surface area contributed by atoms with Crippen LogP contribution in [0.4, 0.5) is 0 Å². The van der Waals surface area contributed by atoms with E-state index in [9.17, 15) is 4.79 Å². The van der Waals surface area contributed by atoms with Crippen LogP contribution in [0.15, 0.2) is 29.7 Å². The van der Waals surface area contributed by atoms with Crippen LogP contribution >= 0.6 is 11.8 Å². The van der Waals surface area contributed by atoms with Gasteiger partial charge in [0.1, 0.15) is 0 Å². The molecule has 0 radical (unpaired) electrons. The second-order valence-corrected chi connectivity index (χ2v) is 7.70. The third kappa shape index (κ3) is 5.07. The first-order chi connectivity index (χ1) is 13.2. The van der Waals surface area contributed by atoms with Gasteiger partial charge in [-0.05, 0) is 44.7 Å². The monoisotopic (exact) mass is 389 g/mol. The molecule has 0 spiro atoms. The van der Waals surface area contributed by atoms with Gasteiger partial charge in [0.15, 0.2) is 11.0 Å². The molecule has 1 atom stereocenters. The number of piperidine rings is 1. The van der Waals surface area contributed by atoms with E-state index in [4.69, 9.17) is 4.74 Å². The molecule has 1 amide bonds. The summed E-state index contributed by atoms with van der Waals surface area (Å²) < 4.78 is 7.26. The molecule has 2 aromatic rings. The number of ether oxygens (including phenoxy) is 1. The summed E-state index contributed by atoms with van der Waals surface area (Å²) in [6, 6.07) is 4.18. The molecule has 1 saturated heterocycles. The third-order valence-corrected chi connectivity index (χ3v) is 5.79. The average molecular weight is 390 g/mol. The van der Waals surface area contributed by atoms with Crippen LogP contribution in [0.25, 0.3) is 11.4 Å². The molecule has 0 saturated carbocycles. The van der Waals surface area contributed by atoms with Crippen LogP contribution in [0.3, 0.4) is 0 Å². The van der Waals surface area contributed by atoms with Crippen molar-refractivity contribution in [2.75, 3.05) is 26.0 Å². The quantitative estimate of drug-likeness (QED) is 0.511. The smallest absolute Gasteiger partial charge is 0.233 e. The van der Waals surface area contributed by atoms with Gasteiger partial charge in [-0.3, -0.25) is 9.78 Å². The fourth-order valence-electron chi connectivity index (χ4n) is 3.36. The molecule has 3 heterocycles. The minimum absolute atomic E-state index is 0.184. The molecule has 0 aromatic carbocycles. The Hall–Kier alpha value is -1.93. The second-order valence-electron chi connectivity index (χ2n) is 6.76. The number of rotatable bonds is 8. The fourth-order valence-corrected chi connectivity index (χ4v) is 4.21. The lowest BCUT2D eigenvalue weighted by molar-refractivity contribution is -0.131. The van der Waals surface area contributed by atoms with Gasteiger partial charge in [0, 0.05) is 50.8 Å². The van der Waals surface area contributed by atoms with Gasteiger partial charge in [-0.15, -0.1) is 10.2 Å². The van der Waals surface area contributed by atoms with Gasteiger partial charge in [-0.2, -0.15) is 0 Å². The summed E-state index contributed by atoms with van der Waals surface area (Å²) in [5.41, 5.74) is 0.970. The van der Waals surface area contributed by atoms with Crippen LogP contribution in [0.5, 0.6) is 0 Å². The van der Waals surface area contributed by atoms with Crippen LogP contribution in [0, 0.1) is 0 Å². The molecule has 0 unspecified atom stereocenters. The van der Waals surface area contributed by atoms with Gasteiger partial charge >= 0.3 is 0 Å². The molecule has 0 N–H and O–H groups in total. The van der Waals surface area contributed by atoms with Crippen molar-refractivity contribution < 1.29 is 9.53 Å². The zero-order chi connectivity index (χ0) is 19.1. The van der Waals surface area contributed by atoms with Crippen molar-refractivity contribution in [3.63, 3.8) is 0 Å². The number of amides is 1. The van der Waals surface area contributed by atoms with E-state index in [0.29, 0.717) is 18.4 Å². The number of pyridine rings is 1. The van der Waals surface area contributed by atoms with Crippen LogP contribution in [0.1, 0.15) is 32.6 Å². The number of hydrogen-bond donors (Lipinski definition) is 0. The molecule has 146 valence electrons. The molecular formula is C19H27N5O2S. The second kappa shape index (κ2) is 9.85. The van der Waals surface area contributed by atoms with E-state index in [1.807, 2.05) is 17.0 Å². The Kier molecular flexibility index (Phi) is 7.23. The van der Waals surface area contributed by atoms with Crippen LogP contribution < -0.4 is 0 Å². The van der Waals surface area contributed by atoms with E-state index in [-0.39, 0.29) is 5.91 Å². The Labute approximate surface area is 164 Å². The number of thioether (sulfide) groups is 1. The van der Waals surface area contributed by atoms with E-state index in [1.165, 1.54) is 18.2 Å². The lowest BCUT2D eigenvalue weighted by Crippen LogP contribution is -2.43. The molecular weight excluding hydrogens is 362 g/mol. The lowest BCUT2D eigenvalue weighted by Gasteiger charge is -2.33. The van der Waals surface area contributed by atoms with Crippen molar-refractivity contribution in [2.45, 2.75) is 50.4 Å². The van der Waals surface area contributed by atoms with Gasteiger partial charge in [0.05, 0.1) is 5.75 Å². The summed E-state index contributed by atoms with van der Waals surface area (Å²) in [5.74, 6) is 1.38. The van der Waals surface area contributed by atoms with Gasteiger partial charge in [-0.25, -0.2) is 0 Å². The van der Waals surface area contributed by atoms with E-state index < -0.39 is 0 Å². The largest absolute Gasteiger partial charge is 0.385 e. The maximum Gasteiger partial charge on any atom is 0.233 e. The number of aromatic nitrogens is 4. The van der Waals surface area contributed by atoms with Crippen molar-refractivity contribution in [1.29, 1.82) is 0 Å². The Morgan fingerprint density at radius 1 is 1.30 bits per heavy atom. The van der Waals surface area contributed by atoms with Crippen molar-refractivity contribution >= 4 is 17.7 Å². The van der Waals surface area contributed by atoms with Crippen molar-refractivity contribution in [1.82, 2.24) is 24.6 Å². The Morgan fingerprint density at radius 2 is 2.11 bits per heavy atom. The van der Waals surface area contributed by atoms with Crippen LogP contribution in [-0.4, -0.2) is 62.6 Å². The van der Waals surface area contributed by atoms with Gasteiger partial charge < -0.3 is 14.2 Å². The fraction of sp³-hybridized carbons (Fsp3) is 0.579. The molecule has 1 fully saturated rings. The SMILES string of the molecule is COCCCn1c(SCC(=O)N2CCCC[C@H]2C)nnc1-c1ccncc1. The number of methoxy groups -OCH3 is 1. The number of hydrogen-bond acceptors (Lipinski definition) is 6. The number of carbonyl (C=O) groups is 1. The molecule has 0 aliphatic carbocycles. The third-order valence-electron chi connectivity index (χ3n) is 4.83. The Bertz CT molecular complexity index is 737. The molecule has 2 aromatic heterocycles. The molecule has 8 heteroatoms. The highest BCUT2D eigenvalue weighted by Crippen LogP contribution is 2.25. The van der Waals surface area contributed by atoms with Gasteiger partial charge in [0.25, 0.3) is 0 Å². The summed E-state index contributed by atoms with van der Waals surface area (Å²) in [7, 11) is 1.70. The zero-order valence-electron chi connectivity index (χ0n) is 16.0. The predicted molar refractivity (Wildman–Crippen MR) is 105 cm³/mol. The van der Waals surface area contributed by atoms with Crippen LogP contribution in [-0.2, 0) is 16.1 Å². The summed E-state index contributed by atoms with van der Waals surface area (Å²) in [5, 5.41) is 9.49. The van der Waals surface area contributed by atoms with Crippen molar-refractivity contribution in [2.24, 2.45) is 0 Å². The maximum absolute atomic E-state index is 12.6. The first-order valence-electron chi connectivity index (χ1n) is 9.45. The highest BCUT2D eigenvalue weighted by atomic mass is 32.2. The van der Waals surface area contributed by atoms with Gasteiger partial charge in [0.2, 0.25) is 5.91 Å². The van der Waals surface area contributed by atoms with E-state index in [0.717, 1.165) is 48.9 Å². The molecule has 1 aliphatic heterocycles. The number of carbonyl (C=O) groups excluding carboxylic acids is 1. The predicted octanol–water partition coefficient (Wildman–Crippen LogP) is 2.87. The highest BCUT2D eigenvalue weighted by molar-refractivity contribution is 7.99. The molecule has 3 rings (SSSR count). The Morgan fingerprint density at radius 3 is 2.85 bits per heavy atom. The first kappa shape index (κ1) is 19.8. The molecule has 7 nitrogen and oxygen atoms in total. The lowest BCUT2D eigenvalue weighted by atomic mass is 10.0. The summed E-state index contributed by atoms with van der Waals surface area (Å²) in [6.45, 7) is 4.41. The topological polar surface area (TPSA) is 73.1 Å². The molecule has 27 heavy (non-hydrogen) atoms. The summed E-state index contributed by atoms with van der Waals surface area (Å²) >= 11 is 1.47. The van der Waals surface area contributed by atoms with Crippen molar-refractivity contribution in [3.05, 3.63) is 24.5 Å². The summed E-state index contributed by atoms with van der Waals surface area (Å²) in [4.78, 5) is 18.7. The highest BCUT2D eigenvalue weighted by Gasteiger charge is 2.24. The van der Waals surface area contributed by atoms with Gasteiger partial charge in [-0.1, -0.05) is 11.8 Å². The minimum atomic E-state index is 0.184. The molecule has 1 aliphatic rings. The average Bonchev–Trinajstić information content (AvgIpc) is 3.10.